The van der Waals surface area contributed by atoms with Crippen molar-refractivity contribution in [2.45, 2.75) is 13.8 Å². The van der Waals surface area contributed by atoms with Gasteiger partial charge in [-0.15, -0.1) is 0 Å². The van der Waals surface area contributed by atoms with Crippen LogP contribution in [0.25, 0.3) is 0 Å². The summed E-state index contributed by atoms with van der Waals surface area (Å²) in [7, 11) is 1.58. The van der Waals surface area contributed by atoms with Crippen molar-refractivity contribution in [3.63, 3.8) is 0 Å². The summed E-state index contributed by atoms with van der Waals surface area (Å²) in [6.07, 6.45) is 0. The van der Waals surface area contributed by atoms with Crippen LogP contribution in [-0.4, -0.2) is 17.1 Å². The standard InChI is InChI=1S/C15H16ClN3OS/c1-8-6-12(14(15(17)21)9(2)18-8)19-10-4-5-11(16)13(7-10)20-3/h4-7H,1-3H3,(H2,17,21)(H,18,19). The van der Waals surface area contributed by atoms with E-state index in [2.05, 4.69) is 10.3 Å². The quantitative estimate of drug-likeness (QED) is 0.840. The molecular formula is C15H16ClN3OS. The van der Waals surface area contributed by atoms with Gasteiger partial charge in [0.25, 0.3) is 0 Å². The van der Waals surface area contributed by atoms with Crippen molar-refractivity contribution in [1.82, 2.24) is 4.98 Å². The molecule has 2 rings (SSSR count). The maximum Gasteiger partial charge on any atom is 0.139 e. The maximum absolute atomic E-state index is 6.03. The van der Waals surface area contributed by atoms with Crippen LogP contribution in [0.2, 0.25) is 5.02 Å². The summed E-state index contributed by atoms with van der Waals surface area (Å²) in [6.45, 7) is 3.80. The van der Waals surface area contributed by atoms with Crippen LogP contribution in [0, 0.1) is 13.8 Å². The lowest BCUT2D eigenvalue weighted by Crippen LogP contribution is -2.15. The Labute approximate surface area is 134 Å². The van der Waals surface area contributed by atoms with Crippen LogP contribution < -0.4 is 15.8 Å². The number of hydrogen-bond donors (Lipinski definition) is 2. The molecule has 2 aromatic rings. The summed E-state index contributed by atoms with van der Waals surface area (Å²) in [5, 5.41) is 3.85. The summed E-state index contributed by atoms with van der Waals surface area (Å²) in [5.74, 6) is 0.598. The smallest absolute Gasteiger partial charge is 0.139 e. The number of aryl methyl sites for hydroxylation is 2. The molecular weight excluding hydrogens is 306 g/mol. The molecule has 0 amide bonds. The first-order valence-electron chi connectivity index (χ1n) is 6.31. The Hall–Kier alpha value is -1.85. The second-order valence-electron chi connectivity index (χ2n) is 4.61. The number of nitrogens with zero attached hydrogens (tertiary/aromatic N) is 1. The number of thiocarbonyl (C=S) groups is 1. The Morgan fingerprint density at radius 1 is 1.33 bits per heavy atom. The highest BCUT2D eigenvalue weighted by Gasteiger charge is 2.12. The zero-order valence-corrected chi connectivity index (χ0v) is 13.6. The Bertz CT molecular complexity index is 704. The Morgan fingerprint density at radius 3 is 2.67 bits per heavy atom. The van der Waals surface area contributed by atoms with Gasteiger partial charge in [-0.1, -0.05) is 23.8 Å². The number of methoxy groups -OCH3 is 1. The SMILES string of the molecule is COc1cc(Nc2cc(C)nc(C)c2C(N)=S)ccc1Cl. The lowest BCUT2D eigenvalue weighted by atomic mass is 10.1. The highest BCUT2D eigenvalue weighted by molar-refractivity contribution is 7.80. The molecule has 0 unspecified atom stereocenters. The van der Waals surface area contributed by atoms with Gasteiger partial charge in [0.2, 0.25) is 0 Å². The molecule has 1 heterocycles. The van der Waals surface area contributed by atoms with Crippen molar-refractivity contribution >= 4 is 40.2 Å². The van der Waals surface area contributed by atoms with Crippen LogP contribution in [0.4, 0.5) is 11.4 Å². The first kappa shape index (κ1) is 15.5. The molecule has 110 valence electrons. The highest BCUT2D eigenvalue weighted by Crippen LogP contribution is 2.30. The number of halogens is 1. The van der Waals surface area contributed by atoms with Crippen molar-refractivity contribution < 1.29 is 4.74 Å². The fourth-order valence-electron chi connectivity index (χ4n) is 2.13. The van der Waals surface area contributed by atoms with Crippen LogP contribution >= 0.6 is 23.8 Å². The summed E-state index contributed by atoms with van der Waals surface area (Å²) in [5.41, 5.74) is 9.88. The van der Waals surface area contributed by atoms with E-state index in [1.165, 1.54) is 0 Å². The molecule has 3 N–H and O–H groups in total. The van der Waals surface area contributed by atoms with Crippen molar-refractivity contribution in [2.75, 3.05) is 12.4 Å². The van der Waals surface area contributed by atoms with Crippen molar-refractivity contribution in [1.29, 1.82) is 0 Å². The lowest BCUT2D eigenvalue weighted by Gasteiger charge is -2.15. The molecule has 0 saturated carbocycles. The third-order valence-corrected chi connectivity index (χ3v) is 3.52. The molecule has 0 bridgehead atoms. The third-order valence-electron chi connectivity index (χ3n) is 3.00. The Morgan fingerprint density at radius 2 is 2.05 bits per heavy atom. The number of nitrogens with two attached hydrogens (primary N) is 1. The Kier molecular flexibility index (Phi) is 4.65. The average molecular weight is 322 g/mol. The van der Waals surface area contributed by atoms with E-state index in [9.17, 15) is 0 Å². The average Bonchev–Trinajstić information content (AvgIpc) is 2.39. The summed E-state index contributed by atoms with van der Waals surface area (Å²) < 4.78 is 5.21. The molecule has 21 heavy (non-hydrogen) atoms. The molecule has 0 atom stereocenters. The number of hydrogen-bond acceptors (Lipinski definition) is 4. The van der Waals surface area contributed by atoms with E-state index >= 15 is 0 Å². The highest BCUT2D eigenvalue weighted by atomic mass is 35.5. The van der Waals surface area contributed by atoms with Gasteiger partial charge < -0.3 is 15.8 Å². The van der Waals surface area contributed by atoms with Gasteiger partial charge in [0.15, 0.2) is 0 Å². The zero-order valence-electron chi connectivity index (χ0n) is 12.0. The molecule has 0 saturated heterocycles. The number of rotatable bonds is 4. The number of benzene rings is 1. The lowest BCUT2D eigenvalue weighted by molar-refractivity contribution is 0.415. The van der Waals surface area contributed by atoms with E-state index in [-0.39, 0.29) is 0 Å². The predicted octanol–water partition coefficient (Wildman–Crippen LogP) is 3.74. The fourth-order valence-corrected chi connectivity index (χ4v) is 2.58. The maximum atomic E-state index is 6.03. The number of aromatic nitrogens is 1. The minimum Gasteiger partial charge on any atom is -0.495 e. The second kappa shape index (κ2) is 6.28. The first-order valence-corrected chi connectivity index (χ1v) is 7.09. The Balaban J connectivity index is 2.46. The second-order valence-corrected chi connectivity index (χ2v) is 5.46. The van der Waals surface area contributed by atoms with Crippen molar-refractivity contribution in [3.05, 3.63) is 46.2 Å². The van der Waals surface area contributed by atoms with E-state index in [0.29, 0.717) is 15.8 Å². The molecule has 4 nitrogen and oxygen atoms in total. The van der Waals surface area contributed by atoms with Crippen molar-refractivity contribution in [3.8, 4) is 5.75 Å². The monoisotopic (exact) mass is 321 g/mol. The molecule has 6 heteroatoms. The van der Waals surface area contributed by atoms with Gasteiger partial charge in [0.05, 0.1) is 23.4 Å². The first-order chi connectivity index (χ1) is 9.92. The minimum absolute atomic E-state index is 0.309. The molecule has 0 aliphatic rings. The van der Waals surface area contributed by atoms with Crippen LogP contribution in [0.15, 0.2) is 24.3 Å². The van der Waals surface area contributed by atoms with Crippen molar-refractivity contribution in [2.24, 2.45) is 5.73 Å². The zero-order chi connectivity index (χ0) is 15.6. The van der Waals surface area contributed by atoms with Gasteiger partial charge in [0, 0.05) is 23.1 Å². The summed E-state index contributed by atoms with van der Waals surface area (Å²) in [6, 6.07) is 7.35. The molecule has 1 aromatic carbocycles. The molecule has 0 aliphatic heterocycles. The predicted molar refractivity (Wildman–Crippen MR) is 90.9 cm³/mol. The topological polar surface area (TPSA) is 60.2 Å². The van der Waals surface area contributed by atoms with Crippen LogP contribution in [0.3, 0.4) is 0 Å². The third kappa shape index (κ3) is 3.43. The minimum atomic E-state index is 0.309. The van der Waals surface area contributed by atoms with Gasteiger partial charge in [-0.3, -0.25) is 4.98 Å². The normalized spacial score (nSPS) is 10.3. The van der Waals surface area contributed by atoms with E-state index < -0.39 is 0 Å². The molecule has 0 aliphatic carbocycles. The molecule has 0 spiro atoms. The molecule has 1 aromatic heterocycles. The van der Waals surface area contributed by atoms with Crippen LogP contribution in [0.5, 0.6) is 5.75 Å². The summed E-state index contributed by atoms with van der Waals surface area (Å²) in [4.78, 5) is 4.70. The largest absolute Gasteiger partial charge is 0.495 e. The molecule has 0 radical (unpaired) electrons. The number of nitrogens with one attached hydrogen (secondary N) is 1. The van der Waals surface area contributed by atoms with Gasteiger partial charge in [-0.25, -0.2) is 0 Å². The van der Waals surface area contributed by atoms with Gasteiger partial charge in [-0.2, -0.15) is 0 Å². The van der Waals surface area contributed by atoms with Gasteiger partial charge in [0.1, 0.15) is 10.7 Å². The van der Waals surface area contributed by atoms with Crippen LogP contribution in [0.1, 0.15) is 17.0 Å². The van der Waals surface area contributed by atoms with Gasteiger partial charge in [-0.05, 0) is 32.0 Å². The fraction of sp³-hybridized carbons (Fsp3) is 0.200. The van der Waals surface area contributed by atoms with E-state index in [1.54, 1.807) is 13.2 Å². The number of pyridine rings is 1. The number of ether oxygens (including phenoxy) is 1. The number of anilines is 2. The summed E-state index contributed by atoms with van der Waals surface area (Å²) >= 11 is 11.1. The molecule has 0 fully saturated rings. The van der Waals surface area contributed by atoms with E-state index in [0.717, 1.165) is 28.3 Å². The van der Waals surface area contributed by atoms with E-state index in [1.807, 2.05) is 32.0 Å². The van der Waals surface area contributed by atoms with E-state index in [4.69, 9.17) is 34.3 Å². The van der Waals surface area contributed by atoms with Gasteiger partial charge >= 0.3 is 0 Å². The van der Waals surface area contributed by atoms with Crippen LogP contribution in [-0.2, 0) is 0 Å².